The smallest absolute Gasteiger partial charge is 0.0584 e. The largest absolute Gasteiger partial charge is 0.395 e. The summed E-state index contributed by atoms with van der Waals surface area (Å²) in [5.74, 6) is 0. The van der Waals surface area contributed by atoms with Gasteiger partial charge in [0.2, 0.25) is 0 Å². The Kier molecular flexibility index (Phi) is 5.76. The summed E-state index contributed by atoms with van der Waals surface area (Å²) in [5, 5.41) is 13.2. The van der Waals surface area contributed by atoms with E-state index in [1.807, 2.05) is 32.0 Å². The molecule has 1 rings (SSSR count). The van der Waals surface area contributed by atoms with Gasteiger partial charge in [-0.2, -0.15) is 0 Å². The first-order valence-electron chi connectivity index (χ1n) is 5.40. The summed E-state index contributed by atoms with van der Waals surface area (Å²) in [5.41, 5.74) is 1.05. The Labute approximate surface area is 110 Å². The number of aliphatic hydroxyl groups excluding tert-OH is 1. The van der Waals surface area contributed by atoms with Crippen molar-refractivity contribution in [3.8, 4) is 0 Å². The lowest BCUT2D eigenvalue weighted by Crippen LogP contribution is -2.34. The van der Waals surface area contributed by atoms with E-state index < -0.39 is 0 Å². The van der Waals surface area contributed by atoms with Crippen molar-refractivity contribution in [1.82, 2.24) is 5.32 Å². The molecule has 1 aromatic rings. The van der Waals surface area contributed by atoms with Crippen molar-refractivity contribution < 1.29 is 5.11 Å². The number of rotatable bonds is 5. The summed E-state index contributed by atoms with van der Waals surface area (Å²) in [4.78, 5) is 0. The van der Waals surface area contributed by atoms with Crippen LogP contribution in [0.1, 0.15) is 31.9 Å². The van der Waals surface area contributed by atoms with Crippen LogP contribution in [0, 0.1) is 0 Å². The van der Waals surface area contributed by atoms with Crippen LogP contribution < -0.4 is 5.32 Å². The molecular weight excluding hydrogens is 289 g/mol. The van der Waals surface area contributed by atoms with Crippen LogP contribution in [-0.2, 0) is 0 Å². The number of hydrogen-bond acceptors (Lipinski definition) is 2. The van der Waals surface area contributed by atoms with Gasteiger partial charge < -0.3 is 10.4 Å². The SMILES string of the molecule is CCC(CO)NC(C)c1ccc(Br)cc1Cl. The Morgan fingerprint density at radius 2 is 2.19 bits per heavy atom. The maximum absolute atomic E-state index is 9.13. The quantitative estimate of drug-likeness (QED) is 0.872. The molecule has 2 atom stereocenters. The van der Waals surface area contributed by atoms with E-state index in [2.05, 4.69) is 21.2 Å². The van der Waals surface area contributed by atoms with Gasteiger partial charge in [-0.3, -0.25) is 0 Å². The minimum Gasteiger partial charge on any atom is -0.395 e. The molecule has 0 spiro atoms. The molecule has 0 aliphatic rings. The lowest BCUT2D eigenvalue weighted by molar-refractivity contribution is 0.230. The fourth-order valence-corrected chi connectivity index (χ4v) is 2.43. The number of benzene rings is 1. The number of aliphatic hydroxyl groups is 1. The minimum atomic E-state index is 0.120. The van der Waals surface area contributed by atoms with Gasteiger partial charge in [-0.25, -0.2) is 0 Å². The lowest BCUT2D eigenvalue weighted by atomic mass is 10.1. The Morgan fingerprint density at radius 3 is 2.69 bits per heavy atom. The van der Waals surface area contributed by atoms with Crippen molar-refractivity contribution in [3.63, 3.8) is 0 Å². The highest BCUT2D eigenvalue weighted by Crippen LogP contribution is 2.26. The van der Waals surface area contributed by atoms with Gasteiger partial charge in [0.15, 0.2) is 0 Å². The standard InChI is InChI=1S/C12H17BrClNO/c1-3-10(7-16)15-8(2)11-5-4-9(13)6-12(11)14/h4-6,8,10,15-16H,3,7H2,1-2H3. The zero-order chi connectivity index (χ0) is 12.1. The number of nitrogens with one attached hydrogen (secondary N) is 1. The molecular formula is C12H17BrClNO. The molecule has 0 amide bonds. The summed E-state index contributed by atoms with van der Waals surface area (Å²) in [6.07, 6.45) is 0.898. The van der Waals surface area contributed by atoms with Crippen LogP contribution in [-0.4, -0.2) is 17.8 Å². The van der Waals surface area contributed by atoms with Crippen molar-refractivity contribution in [3.05, 3.63) is 33.3 Å². The van der Waals surface area contributed by atoms with Crippen LogP contribution in [0.25, 0.3) is 0 Å². The van der Waals surface area contributed by atoms with E-state index in [0.717, 1.165) is 21.5 Å². The third kappa shape index (κ3) is 3.74. The second-order valence-electron chi connectivity index (χ2n) is 3.84. The molecule has 0 bridgehead atoms. The van der Waals surface area contributed by atoms with Crippen LogP contribution >= 0.6 is 27.5 Å². The molecule has 2 nitrogen and oxygen atoms in total. The highest BCUT2D eigenvalue weighted by Gasteiger charge is 2.13. The Morgan fingerprint density at radius 1 is 1.50 bits per heavy atom. The molecule has 0 heterocycles. The normalized spacial score (nSPS) is 14.8. The summed E-state index contributed by atoms with van der Waals surface area (Å²) in [6, 6.07) is 6.11. The maximum atomic E-state index is 9.13. The Hall–Kier alpha value is -0.0900. The van der Waals surface area contributed by atoms with Crippen LogP contribution in [0.5, 0.6) is 0 Å². The van der Waals surface area contributed by atoms with Crippen LogP contribution in [0.4, 0.5) is 0 Å². The predicted molar refractivity (Wildman–Crippen MR) is 71.9 cm³/mol. The molecule has 2 unspecified atom stereocenters. The topological polar surface area (TPSA) is 32.3 Å². The minimum absolute atomic E-state index is 0.120. The van der Waals surface area contributed by atoms with E-state index in [-0.39, 0.29) is 18.7 Å². The van der Waals surface area contributed by atoms with Crippen molar-refractivity contribution in [2.45, 2.75) is 32.4 Å². The summed E-state index contributed by atoms with van der Waals surface area (Å²) < 4.78 is 0.975. The highest BCUT2D eigenvalue weighted by atomic mass is 79.9. The molecule has 0 fully saturated rings. The second kappa shape index (κ2) is 6.60. The van der Waals surface area contributed by atoms with Crippen molar-refractivity contribution in [2.24, 2.45) is 0 Å². The molecule has 0 saturated heterocycles. The lowest BCUT2D eigenvalue weighted by Gasteiger charge is -2.21. The third-order valence-corrected chi connectivity index (χ3v) is 3.45. The van der Waals surface area contributed by atoms with E-state index in [9.17, 15) is 0 Å². The maximum Gasteiger partial charge on any atom is 0.0584 e. The van der Waals surface area contributed by atoms with Crippen molar-refractivity contribution >= 4 is 27.5 Å². The number of halogens is 2. The van der Waals surface area contributed by atoms with Crippen LogP contribution in [0.3, 0.4) is 0 Å². The van der Waals surface area contributed by atoms with Gasteiger partial charge >= 0.3 is 0 Å². The summed E-state index contributed by atoms with van der Waals surface area (Å²) in [6.45, 7) is 4.24. The van der Waals surface area contributed by atoms with Crippen molar-refractivity contribution in [2.75, 3.05) is 6.61 Å². The van der Waals surface area contributed by atoms with Gasteiger partial charge in [0.25, 0.3) is 0 Å². The van der Waals surface area contributed by atoms with Gasteiger partial charge in [0.05, 0.1) is 6.61 Å². The summed E-state index contributed by atoms with van der Waals surface area (Å²) >= 11 is 9.54. The molecule has 1 aromatic carbocycles. The molecule has 0 saturated carbocycles. The van der Waals surface area contributed by atoms with Gasteiger partial charge in [-0.15, -0.1) is 0 Å². The van der Waals surface area contributed by atoms with Gasteiger partial charge in [-0.05, 0) is 31.0 Å². The molecule has 0 aliphatic carbocycles. The van der Waals surface area contributed by atoms with E-state index in [1.165, 1.54) is 0 Å². The van der Waals surface area contributed by atoms with Crippen molar-refractivity contribution in [1.29, 1.82) is 0 Å². The highest BCUT2D eigenvalue weighted by molar-refractivity contribution is 9.10. The van der Waals surface area contributed by atoms with Gasteiger partial charge in [0.1, 0.15) is 0 Å². The molecule has 0 aliphatic heterocycles. The zero-order valence-electron chi connectivity index (χ0n) is 9.50. The molecule has 2 N–H and O–H groups in total. The van der Waals surface area contributed by atoms with E-state index in [4.69, 9.17) is 16.7 Å². The molecule has 16 heavy (non-hydrogen) atoms. The van der Waals surface area contributed by atoms with Gasteiger partial charge in [0, 0.05) is 21.6 Å². The Bertz CT molecular complexity index is 342. The number of hydrogen-bond donors (Lipinski definition) is 2. The van der Waals surface area contributed by atoms with Crippen LogP contribution in [0.2, 0.25) is 5.02 Å². The monoisotopic (exact) mass is 305 g/mol. The summed E-state index contributed by atoms with van der Waals surface area (Å²) in [7, 11) is 0. The zero-order valence-corrected chi connectivity index (χ0v) is 11.8. The molecule has 0 radical (unpaired) electrons. The van der Waals surface area contributed by atoms with E-state index >= 15 is 0 Å². The molecule has 90 valence electrons. The van der Waals surface area contributed by atoms with Gasteiger partial charge in [-0.1, -0.05) is 40.5 Å². The van der Waals surface area contributed by atoms with Crippen LogP contribution in [0.15, 0.2) is 22.7 Å². The fraction of sp³-hybridized carbons (Fsp3) is 0.500. The average molecular weight is 307 g/mol. The van der Waals surface area contributed by atoms with E-state index in [1.54, 1.807) is 0 Å². The first-order chi connectivity index (χ1) is 7.58. The predicted octanol–water partition coefficient (Wildman–Crippen LogP) is 3.52. The second-order valence-corrected chi connectivity index (χ2v) is 5.16. The first kappa shape index (κ1) is 14.0. The first-order valence-corrected chi connectivity index (χ1v) is 6.57. The molecule has 4 heteroatoms. The average Bonchev–Trinajstić information content (AvgIpc) is 2.25. The third-order valence-electron chi connectivity index (χ3n) is 2.63. The fourth-order valence-electron chi connectivity index (χ4n) is 1.60. The molecule has 0 aromatic heterocycles. The van der Waals surface area contributed by atoms with E-state index in [0.29, 0.717) is 0 Å². The Balaban J connectivity index is 2.76.